The third-order valence-corrected chi connectivity index (χ3v) is 4.61. The van der Waals surface area contributed by atoms with Gasteiger partial charge in [-0.3, -0.25) is 9.59 Å². The van der Waals surface area contributed by atoms with Crippen LogP contribution in [0.25, 0.3) is 0 Å². The summed E-state index contributed by atoms with van der Waals surface area (Å²) in [6.45, 7) is 5.72. The van der Waals surface area contributed by atoms with Gasteiger partial charge in [-0.2, -0.15) is 0 Å². The van der Waals surface area contributed by atoms with Crippen molar-refractivity contribution in [1.29, 1.82) is 0 Å². The summed E-state index contributed by atoms with van der Waals surface area (Å²) >= 11 is 12.1. The second kappa shape index (κ2) is 9.06. The average Bonchev–Trinajstić information content (AvgIpc) is 2.56. The molecule has 0 saturated heterocycles. The number of carbonyl (C=O) groups excluding carboxylic acids is 2. The maximum absolute atomic E-state index is 12.4. The van der Waals surface area contributed by atoms with Crippen molar-refractivity contribution >= 4 is 40.7 Å². The Morgan fingerprint density at radius 1 is 1.08 bits per heavy atom. The maximum Gasteiger partial charge on any atom is 0.244 e. The molecule has 0 bridgehead atoms. The normalized spacial score (nSPS) is 10.5. The predicted octanol–water partition coefficient (Wildman–Crippen LogP) is 4.64. The van der Waals surface area contributed by atoms with Crippen molar-refractivity contribution in [2.24, 2.45) is 0 Å². The number of aryl methyl sites for hydroxylation is 2. The second-order valence-electron chi connectivity index (χ2n) is 6.30. The molecular formula is C20H22Cl2N2O2. The fourth-order valence-corrected chi connectivity index (χ4v) is 3.18. The van der Waals surface area contributed by atoms with Crippen molar-refractivity contribution in [3.63, 3.8) is 0 Å². The highest BCUT2D eigenvalue weighted by Crippen LogP contribution is 2.27. The van der Waals surface area contributed by atoms with Gasteiger partial charge in [-0.25, -0.2) is 0 Å². The summed E-state index contributed by atoms with van der Waals surface area (Å²) in [4.78, 5) is 25.8. The van der Waals surface area contributed by atoms with Crippen LogP contribution in [0.4, 0.5) is 5.69 Å². The van der Waals surface area contributed by atoms with E-state index in [-0.39, 0.29) is 18.4 Å². The molecule has 0 unspecified atom stereocenters. The highest BCUT2D eigenvalue weighted by molar-refractivity contribution is 6.34. The molecule has 0 fully saturated rings. The summed E-state index contributed by atoms with van der Waals surface area (Å²) in [7, 11) is 0. The minimum absolute atomic E-state index is 0.0213. The first-order valence-electron chi connectivity index (χ1n) is 8.33. The molecule has 1 N–H and O–H groups in total. The lowest BCUT2D eigenvalue weighted by atomic mass is 10.1. The van der Waals surface area contributed by atoms with E-state index in [4.69, 9.17) is 23.2 Å². The molecule has 2 aromatic rings. The second-order valence-corrected chi connectivity index (χ2v) is 7.15. The smallest absolute Gasteiger partial charge is 0.244 e. The van der Waals surface area contributed by atoms with E-state index in [1.807, 2.05) is 44.2 Å². The molecule has 0 heterocycles. The van der Waals surface area contributed by atoms with Crippen LogP contribution >= 0.6 is 23.2 Å². The van der Waals surface area contributed by atoms with Gasteiger partial charge in [0.1, 0.15) is 0 Å². The summed E-state index contributed by atoms with van der Waals surface area (Å²) in [5.41, 5.74) is 3.56. The lowest BCUT2D eigenvalue weighted by Crippen LogP contribution is -2.38. The largest absolute Gasteiger partial charge is 0.333 e. The number of nitrogens with one attached hydrogen (secondary N) is 1. The molecule has 0 spiro atoms. The Balaban J connectivity index is 1.99. The quantitative estimate of drug-likeness (QED) is 0.777. The van der Waals surface area contributed by atoms with Crippen LogP contribution in [0.1, 0.15) is 23.6 Å². The Kier molecular flexibility index (Phi) is 7.06. The van der Waals surface area contributed by atoms with E-state index in [1.54, 1.807) is 6.07 Å². The van der Waals surface area contributed by atoms with E-state index in [9.17, 15) is 9.59 Å². The summed E-state index contributed by atoms with van der Waals surface area (Å²) in [5.74, 6) is -0.425. The highest BCUT2D eigenvalue weighted by atomic mass is 35.5. The molecule has 6 heteroatoms. The lowest BCUT2D eigenvalue weighted by Gasteiger charge is -2.21. The third kappa shape index (κ3) is 5.75. The lowest BCUT2D eigenvalue weighted by molar-refractivity contribution is -0.132. The van der Waals surface area contributed by atoms with Gasteiger partial charge in [-0.1, -0.05) is 41.4 Å². The molecule has 0 saturated carbocycles. The van der Waals surface area contributed by atoms with Gasteiger partial charge < -0.3 is 10.2 Å². The Morgan fingerprint density at radius 2 is 1.73 bits per heavy atom. The zero-order chi connectivity index (χ0) is 19.3. The van der Waals surface area contributed by atoms with Crippen LogP contribution in [-0.4, -0.2) is 29.8 Å². The average molecular weight is 393 g/mol. The van der Waals surface area contributed by atoms with Crippen molar-refractivity contribution in [3.05, 3.63) is 63.1 Å². The number of hydrogen-bond donors (Lipinski definition) is 1. The van der Waals surface area contributed by atoms with Gasteiger partial charge >= 0.3 is 0 Å². The number of nitrogens with zero attached hydrogens (tertiary/aromatic N) is 1. The minimum Gasteiger partial charge on any atom is -0.333 e. The molecular weight excluding hydrogens is 371 g/mol. The monoisotopic (exact) mass is 392 g/mol. The summed E-state index contributed by atoms with van der Waals surface area (Å²) in [6.07, 6.45) is 0.647. The molecule has 0 aliphatic carbocycles. The van der Waals surface area contributed by atoms with Gasteiger partial charge in [0.15, 0.2) is 0 Å². The Labute approximate surface area is 164 Å². The van der Waals surface area contributed by atoms with Crippen molar-refractivity contribution in [2.45, 2.75) is 27.2 Å². The van der Waals surface area contributed by atoms with E-state index >= 15 is 0 Å². The van der Waals surface area contributed by atoms with E-state index in [1.165, 1.54) is 11.8 Å². The van der Waals surface area contributed by atoms with Crippen LogP contribution in [0.15, 0.2) is 36.4 Å². The fraction of sp³-hybridized carbons (Fsp3) is 0.300. The van der Waals surface area contributed by atoms with Gasteiger partial charge in [0.25, 0.3) is 0 Å². The Hall–Kier alpha value is -2.04. The van der Waals surface area contributed by atoms with Crippen LogP contribution < -0.4 is 5.32 Å². The van der Waals surface area contributed by atoms with Gasteiger partial charge in [-0.05, 0) is 55.2 Å². The highest BCUT2D eigenvalue weighted by Gasteiger charge is 2.16. The molecule has 2 amide bonds. The van der Waals surface area contributed by atoms with E-state index < -0.39 is 0 Å². The van der Waals surface area contributed by atoms with E-state index in [0.717, 1.165) is 16.7 Å². The van der Waals surface area contributed by atoms with Crippen LogP contribution in [0, 0.1) is 13.8 Å². The number of benzene rings is 2. The molecule has 4 nitrogen and oxygen atoms in total. The van der Waals surface area contributed by atoms with Crippen LogP contribution in [0.2, 0.25) is 10.0 Å². The van der Waals surface area contributed by atoms with E-state index in [2.05, 4.69) is 5.32 Å². The number of rotatable bonds is 6. The first-order chi connectivity index (χ1) is 12.3. The molecule has 2 rings (SSSR count). The topological polar surface area (TPSA) is 49.4 Å². The van der Waals surface area contributed by atoms with Crippen molar-refractivity contribution in [2.75, 3.05) is 18.4 Å². The van der Waals surface area contributed by atoms with Gasteiger partial charge in [0.05, 0.1) is 17.3 Å². The summed E-state index contributed by atoms with van der Waals surface area (Å²) in [6, 6.07) is 11.2. The summed E-state index contributed by atoms with van der Waals surface area (Å²) < 4.78 is 0. The van der Waals surface area contributed by atoms with Crippen LogP contribution in [0.5, 0.6) is 0 Å². The SMILES string of the molecule is CC(=O)N(CCc1ccc(Cl)cc1)CC(=O)Nc1c(C)cc(C)cc1Cl. The number of halogens is 2. The van der Waals surface area contributed by atoms with Gasteiger partial charge in [-0.15, -0.1) is 0 Å². The number of hydrogen-bond acceptors (Lipinski definition) is 2. The van der Waals surface area contributed by atoms with Crippen molar-refractivity contribution < 1.29 is 9.59 Å². The van der Waals surface area contributed by atoms with Crippen LogP contribution in [0.3, 0.4) is 0 Å². The summed E-state index contributed by atoms with van der Waals surface area (Å²) in [5, 5.41) is 3.97. The van der Waals surface area contributed by atoms with Gasteiger partial charge in [0, 0.05) is 18.5 Å². The fourth-order valence-electron chi connectivity index (χ4n) is 2.69. The standard InChI is InChI=1S/C20H22Cl2N2O2/c1-13-10-14(2)20(18(22)11-13)23-19(26)12-24(15(3)25)9-8-16-4-6-17(21)7-5-16/h4-7,10-11H,8-9,12H2,1-3H3,(H,23,26). The first kappa shape index (κ1) is 20.3. The molecule has 2 aromatic carbocycles. The Bertz CT molecular complexity index is 781. The molecule has 0 aliphatic rings. The predicted molar refractivity (Wildman–Crippen MR) is 107 cm³/mol. The van der Waals surface area contributed by atoms with Crippen molar-refractivity contribution in [1.82, 2.24) is 4.90 Å². The zero-order valence-corrected chi connectivity index (χ0v) is 16.6. The number of amides is 2. The first-order valence-corrected chi connectivity index (χ1v) is 9.08. The minimum atomic E-state index is -0.273. The molecule has 0 aliphatic heterocycles. The molecule has 26 heavy (non-hydrogen) atoms. The Morgan fingerprint density at radius 3 is 2.31 bits per heavy atom. The molecule has 0 atom stereocenters. The maximum atomic E-state index is 12.4. The third-order valence-electron chi connectivity index (χ3n) is 4.06. The molecule has 0 aromatic heterocycles. The number of carbonyl (C=O) groups is 2. The van der Waals surface area contributed by atoms with E-state index in [0.29, 0.717) is 28.7 Å². The van der Waals surface area contributed by atoms with Crippen LogP contribution in [-0.2, 0) is 16.0 Å². The zero-order valence-electron chi connectivity index (χ0n) is 15.1. The molecule has 0 radical (unpaired) electrons. The van der Waals surface area contributed by atoms with Gasteiger partial charge in [0.2, 0.25) is 11.8 Å². The molecule has 138 valence electrons. The van der Waals surface area contributed by atoms with Crippen molar-refractivity contribution in [3.8, 4) is 0 Å². The number of anilines is 1.